The molecule has 0 spiro atoms. The van der Waals surface area contributed by atoms with Crippen molar-refractivity contribution in [2.45, 2.75) is 45.6 Å². The monoisotopic (exact) mass is 351 g/mol. The summed E-state index contributed by atoms with van der Waals surface area (Å²) in [7, 11) is 0. The van der Waals surface area contributed by atoms with E-state index in [9.17, 15) is 9.59 Å². The molecule has 0 saturated carbocycles. The van der Waals surface area contributed by atoms with Gasteiger partial charge in [-0.3, -0.25) is 4.79 Å². The number of benzene rings is 1. The fraction of sp³-hybridized carbons (Fsp3) is 0.556. The van der Waals surface area contributed by atoms with Crippen molar-refractivity contribution >= 4 is 29.2 Å². The van der Waals surface area contributed by atoms with Crippen LogP contribution < -0.4 is 10.6 Å². The number of carbonyl (C=O) groups excluding carboxylic acids is 2. The lowest BCUT2D eigenvalue weighted by molar-refractivity contribution is -0.121. The molecule has 5 nitrogen and oxygen atoms in total. The van der Waals surface area contributed by atoms with E-state index in [2.05, 4.69) is 10.6 Å². The Kier molecular flexibility index (Phi) is 6.91. The molecule has 1 aromatic rings. The van der Waals surface area contributed by atoms with Gasteiger partial charge in [-0.1, -0.05) is 11.6 Å². The van der Waals surface area contributed by atoms with Gasteiger partial charge in [-0.05, 0) is 63.3 Å². The highest BCUT2D eigenvalue weighted by Gasteiger charge is 2.24. The highest BCUT2D eigenvalue weighted by molar-refractivity contribution is 6.30. The van der Waals surface area contributed by atoms with Crippen LogP contribution in [-0.4, -0.2) is 36.0 Å². The molecule has 132 valence electrons. The number of urea groups is 1. The summed E-state index contributed by atoms with van der Waals surface area (Å²) in [6.45, 7) is 5.38. The van der Waals surface area contributed by atoms with Gasteiger partial charge < -0.3 is 15.5 Å². The number of hydrogen-bond donors (Lipinski definition) is 2. The second-order valence-corrected chi connectivity index (χ2v) is 7.09. The van der Waals surface area contributed by atoms with Gasteiger partial charge in [0.1, 0.15) is 0 Å². The lowest BCUT2D eigenvalue weighted by Crippen LogP contribution is -2.42. The van der Waals surface area contributed by atoms with Crippen LogP contribution in [0.5, 0.6) is 0 Å². The standard InChI is InChI=1S/C18H26ClN3O2/c1-13(2)20-17(23)10-5-14-4-3-11-22(12-14)18(24)21-16-8-6-15(19)7-9-16/h6-9,13-14H,3-5,10-12H2,1-2H3,(H,20,23)(H,21,24)/t14-/m0/s1. The van der Waals surface area contributed by atoms with Crippen LogP contribution in [0.2, 0.25) is 5.02 Å². The molecule has 1 aliphatic heterocycles. The number of halogens is 1. The van der Waals surface area contributed by atoms with E-state index in [1.165, 1.54) is 0 Å². The zero-order valence-electron chi connectivity index (χ0n) is 14.3. The van der Waals surface area contributed by atoms with E-state index in [1.54, 1.807) is 24.3 Å². The number of nitrogens with one attached hydrogen (secondary N) is 2. The SMILES string of the molecule is CC(C)NC(=O)CC[C@@H]1CCCN(C(=O)Nc2ccc(Cl)cc2)C1. The van der Waals surface area contributed by atoms with Gasteiger partial charge in [-0.15, -0.1) is 0 Å². The molecule has 6 heteroatoms. The van der Waals surface area contributed by atoms with E-state index in [0.717, 1.165) is 31.5 Å². The minimum absolute atomic E-state index is 0.0892. The number of anilines is 1. The number of amides is 3. The van der Waals surface area contributed by atoms with Crippen molar-refractivity contribution in [1.82, 2.24) is 10.2 Å². The van der Waals surface area contributed by atoms with Crippen LogP contribution in [0.3, 0.4) is 0 Å². The number of carbonyl (C=O) groups is 2. The fourth-order valence-electron chi connectivity index (χ4n) is 2.95. The maximum atomic E-state index is 12.4. The van der Waals surface area contributed by atoms with Gasteiger partial charge in [0.15, 0.2) is 0 Å². The Morgan fingerprint density at radius 1 is 1.29 bits per heavy atom. The lowest BCUT2D eigenvalue weighted by Gasteiger charge is -2.32. The Balaban J connectivity index is 1.80. The smallest absolute Gasteiger partial charge is 0.321 e. The van der Waals surface area contributed by atoms with E-state index in [0.29, 0.717) is 23.9 Å². The average Bonchev–Trinajstić information content (AvgIpc) is 2.55. The largest absolute Gasteiger partial charge is 0.354 e. The van der Waals surface area contributed by atoms with Gasteiger partial charge in [-0.2, -0.15) is 0 Å². The van der Waals surface area contributed by atoms with Crippen molar-refractivity contribution in [2.24, 2.45) is 5.92 Å². The van der Waals surface area contributed by atoms with Crippen LogP contribution in [0.4, 0.5) is 10.5 Å². The van der Waals surface area contributed by atoms with Crippen LogP contribution in [0, 0.1) is 5.92 Å². The molecule has 3 amide bonds. The summed E-state index contributed by atoms with van der Waals surface area (Å²) in [6, 6.07) is 7.17. The molecule has 24 heavy (non-hydrogen) atoms. The van der Waals surface area contributed by atoms with Gasteiger partial charge in [0.05, 0.1) is 0 Å². The third-order valence-corrected chi connectivity index (χ3v) is 4.38. The Morgan fingerprint density at radius 2 is 2.00 bits per heavy atom. The molecule has 0 aromatic heterocycles. The van der Waals surface area contributed by atoms with Crippen molar-refractivity contribution in [1.29, 1.82) is 0 Å². The molecule has 1 heterocycles. The minimum Gasteiger partial charge on any atom is -0.354 e. The molecule has 2 rings (SSSR count). The van der Waals surface area contributed by atoms with E-state index in [4.69, 9.17) is 11.6 Å². The predicted octanol–water partition coefficient (Wildman–Crippen LogP) is 3.89. The summed E-state index contributed by atoms with van der Waals surface area (Å²) in [6.07, 6.45) is 3.39. The number of nitrogens with zero attached hydrogens (tertiary/aromatic N) is 1. The van der Waals surface area contributed by atoms with Gasteiger partial charge >= 0.3 is 6.03 Å². The molecule has 0 aliphatic carbocycles. The minimum atomic E-state index is -0.0892. The van der Waals surface area contributed by atoms with Crippen LogP contribution in [0.15, 0.2) is 24.3 Å². The number of rotatable bonds is 5. The molecule has 1 aromatic carbocycles. The third-order valence-electron chi connectivity index (χ3n) is 4.13. The summed E-state index contributed by atoms with van der Waals surface area (Å²) in [5.74, 6) is 0.473. The first-order valence-corrected chi connectivity index (χ1v) is 8.92. The Labute approximate surface area is 148 Å². The van der Waals surface area contributed by atoms with Gasteiger partial charge in [0.25, 0.3) is 0 Å². The molecular weight excluding hydrogens is 326 g/mol. The molecule has 0 radical (unpaired) electrons. The van der Waals surface area contributed by atoms with Crippen LogP contribution in [0.25, 0.3) is 0 Å². The van der Waals surface area contributed by atoms with Crippen molar-refractivity contribution in [3.8, 4) is 0 Å². The highest BCUT2D eigenvalue weighted by Crippen LogP contribution is 2.22. The lowest BCUT2D eigenvalue weighted by atomic mass is 9.93. The van der Waals surface area contributed by atoms with Crippen LogP contribution in [0.1, 0.15) is 39.5 Å². The molecule has 1 aliphatic rings. The zero-order valence-corrected chi connectivity index (χ0v) is 15.1. The fourth-order valence-corrected chi connectivity index (χ4v) is 3.08. The van der Waals surface area contributed by atoms with Crippen LogP contribution >= 0.6 is 11.6 Å². The summed E-state index contributed by atoms with van der Waals surface area (Å²) < 4.78 is 0. The highest BCUT2D eigenvalue weighted by atomic mass is 35.5. The van der Waals surface area contributed by atoms with Gasteiger partial charge in [0.2, 0.25) is 5.91 Å². The third kappa shape index (κ3) is 6.04. The van der Waals surface area contributed by atoms with E-state index < -0.39 is 0 Å². The summed E-state index contributed by atoms with van der Waals surface area (Å²) in [5.41, 5.74) is 0.739. The van der Waals surface area contributed by atoms with E-state index in [-0.39, 0.29) is 18.0 Å². The first-order valence-electron chi connectivity index (χ1n) is 8.55. The second-order valence-electron chi connectivity index (χ2n) is 6.65. The van der Waals surface area contributed by atoms with E-state index in [1.807, 2.05) is 18.7 Å². The van der Waals surface area contributed by atoms with Crippen molar-refractivity contribution in [2.75, 3.05) is 18.4 Å². The quantitative estimate of drug-likeness (QED) is 0.845. The average molecular weight is 352 g/mol. The maximum Gasteiger partial charge on any atom is 0.321 e. The zero-order chi connectivity index (χ0) is 17.5. The predicted molar refractivity (Wildman–Crippen MR) is 97.3 cm³/mol. The maximum absolute atomic E-state index is 12.4. The molecular formula is C18H26ClN3O2. The first-order chi connectivity index (χ1) is 11.4. The molecule has 0 bridgehead atoms. The van der Waals surface area contributed by atoms with Crippen molar-refractivity contribution in [3.05, 3.63) is 29.3 Å². The van der Waals surface area contributed by atoms with Crippen molar-refractivity contribution in [3.63, 3.8) is 0 Å². The Hall–Kier alpha value is -1.75. The molecule has 2 N–H and O–H groups in total. The summed E-state index contributed by atoms with van der Waals surface area (Å²) in [4.78, 5) is 26.0. The molecule has 1 saturated heterocycles. The normalized spacial score (nSPS) is 17.7. The van der Waals surface area contributed by atoms with Gasteiger partial charge in [-0.25, -0.2) is 4.79 Å². The summed E-state index contributed by atoms with van der Waals surface area (Å²) in [5, 5.41) is 6.45. The topological polar surface area (TPSA) is 61.4 Å². The van der Waals surface area contributed by atoms with Gasteiger partial charge in [0, 0.05) is 36.3 Å². The number of piperidine rings is 1. The number of likely N-dealkylation sites (tertiary alicyclic amines) is 1. The summed E-state index contributed by atoms with van der Waals surface area (Å²) >= 11 is 5.85. The molecule has 0 unspecified atom stereocenters. The Bertz CT molecular complexity index is 560. The van der Waals surface area contributed by atoms with Crippen LogP contribution in [-0.2, 0) is 4.79 Å². The Morgan fingerprint density at radius 3 is 2.67 bits per heavy atom. The first kappa shape index (κ1) is 18.6. The molecule has 1 atom stereocenters. The molecule has 1 fully saturated rings. The second kappa shape index (κ2) is 8.92. The van der Waals surface area contributed by atoms with Crippen molar-refractivity contribution < 1.29 is 9.59 Å². The van der Waals surface area contributed by atoms with E-state index >= 15 is 0 Å². The number of hydrogen-bond acceptors (Lipinski definition) is 2.